The Bertz CT molecular complexity index is 1230. The lowest BCUT2D eigenvalue weighted by Crippen LogP contribution is -2.31. The average Bonchev–Trinajstić information content (AvgIpc) is 3.18. The Balaban J connectivity index is 1.43. The molecule has 1 atom stereocenters. The molecule has 0 unspecified atom stereocenters. The van der Waals surface area contributed by atoms with Gasteiger partial charge < -0.3 is 9.73 Å². The van der Waals surface area contributed by atoms with Crippen LogP contribution in [0.1, 0.15) is 46.1 Å². The van der Waals surface area contributed by atoms with Gasteiger partial charge in [0.2, 0.25) is 0 Å². The molecule has 3 aromatic carbocycles. The zero-order valence-corrected chi connectivity index (χ0v) is 18.5. The number of carbonyl (C=O) groups excluding carboxylic acids is 1. The molecule has 0 bridgehead atoms. The molecular formula is C26H22ClNO2S. The van der Waals surface area contributed by atoms with E-state index in [0.29, 0.717) is 16.5 Å². The highest BCUT2D eigenvalue weighted by atomic mass is 35.5. The van der Waals surface area contributed by atoms with Crippen LogP contribution in [-0.2, 0) is 12.2 Å². The molecule has 1 amide bonds. The van der Waals surface area contributed by atoms with E-state index in [4.69, 9.17) is 16.0 Å². The van der Waals surface area contributed by atoms with Gasteiger partial charge in [0, 0.05) is 26.6 Å². The van der Waals surface area contributed by atoms with Crippen molar-refractivity contribution in [3.63, 3.8) is 0 Å². The second kappa shape index (κ2) is 8.81. The smallest absolute Gasteiger partial charge is 0.287 e. The number of rotatable bonds is 5. The molecule has 5 rings (SSSR count). The van der Waals surface area contributed by atoms with Gasteiger partial charge in [-0.25, -0.2) is 0 Å². The minimum Gasteiger partial charge on any atom is -0.451 e. The first-order valence-electron chi connectivity index (χ1n) is 10.5. The lowest BCUT2D eigenvalue weighted by molar-refractivity contribution is 0.0906. The molecular weight excluding hydrogens is 426 g/mol. The van der Waals surface area contributed by atoms with Gasteiger partial charge in [0.05, 0.1) is 6.04 Å². The van der Waals surface area contributed by atoms with E-state index in [0.717, 1.165) is 40.7 Å². The number of carbonyl (C=O) groups is 1. The molecule has 1 aliphatic rings. The minimum absolute atomic E-state index is 0.0161. The summed E-state index contributed by atoms with van der Waals surface area (Å²) in [4.78, 5) is 14.4. The number of fused-ring (bicyclic) bond motifs is 2. The van der Waals surface area contributed by atoms with Crippen molar-refractivity contribution in [2.24, 2.45) is 0 Å². The third-order valence-electron chi connectivity index (χ3n) is 5.78. The van der Waals surface area contributed by atoms with E-state index in [1.54, 1.807) is 11.8 Å². The van der Waals surface area contributed by atoms with Crippen LogP contribution in [-0.4, -0.2) is 5.91 Å². The van der Waals surface area contributed by atoms with Crippen LogP contribution in [0.4, 0.5) is 0 Å². The number of hydrogen-bond acceptors (Lipinski definition) is 3. The van der Waals surface area contributed by atoms with Gasteiger partial charge >= 0.3 is 0 Å². The number of nitrogens with one attached hydrogen (secondary N) is 1. The minimum atomic E-state index is -0.149. The number of benzene rings is 3. The third kappa shape index (κ3) is 4.23. The molecule has 0 aliphatic heterocycles. The Labute approximate surface area is 190 Å². The lowest BCUT2D eigenvalue weighted by Gasteiger charge is -2.26. The summed E-state index contributed by atoms with van der Waals surface area (Å²) in [5, 5.41) is 4.94. The summed E-state index contributed by atoms with van der Waals surface area (Å²) in [6.07, 6.45) is 3.08. The van der Waals surface area contributed by atoms with E-state index < -0.39 is 0 Å². The monoisotopic (exact) mass is 447 g/mol. The van der Waals surface area contributed by atoms with Crippen LogP contribution in [0.2, 0.25) is 5.02 Å². The lowest BCUT2D eigenvalue weighted by atomic mass is 9.87. The summed E-state index contributed by atoms with van der Waals surface area (Å²) in [5.74, 6) is 0.901. The predicted molar refractivity (Wildman–Crippen MR) is 127 cm³/mol. The topological polar surface area (TPSA) is 42.2 Å². The maximum Gasteiger partial charge on any atom is 0.287 e. The molecule has 3 nitrogen and oxygen atoms in total. The summed E-state index contributed by atoms with van der Waals surface area (Å²) >= 11 is 7.68. The fourth-order valence-corrected chi connectivity index (χ4v) is 5.29. The number of halogens is 1. The Morgan fingerprint density at radius 2 is 1.81 bits per heavy atom. The van der Waals surface area contributed by atoms with Gasteiger partial charge in [-0.1, -0.05) is 54.1 Å². The van der Waals surface area contributed by atoms with E-state index in [-0.39, 0.29) is 11.9 Å². The number of aryl methyl sites for hydroxylation is 1. The maximum absolute atomic E-state index is 13.3. The van der Waals surface area contributed by atoms with Crippen molar-refractivity contribution >= 4 is 40.2 Å². The van der Waals surface area contributed by atoms with E-state index in [1.807, 2.05) is 54.6 Å². The zero-order valence-electron chi connectivity index (χ0n) is 16.9. The van der Waals surface area contributed by atoms with Gasteiger partial charge in [0.25, 0.3) is 5.91 Å². The van der Waals surface area contributed by atoms with Crippen LogP contribution in [0.3, 0.4) is 0 Å². The SMILES string of the molecule is O=C(N[C@@H]1CCCc2ccccc21)c1oc2ccccc2c1CSc1ccc(Cl)cc1. The molecule has 0 radical (unpaired) electrons. The van der Waals surface area contributed by atoms with Crippen LogP contribution in [0.5, 0.6) is 0 Å². The van der Waals surface area contributed by atoms with Crippen LogP contribution in [0.15, 0.2) is 82.1 Å². The van der Waals surface area contributed by atoms with E-state index in [1.165, 1.54) is 11.1 Å². The highest BCUT2D eigenvalue weighted by Gasteiger charge is 2.26. The molecule has 1 heterocycles. The Morgan fingerprint density at radius 1 is 1.03 bits per heavy atom. The number of furan rings is 1. The molecule has 1 aliphatic carbocycles. The van der Waals surface area contributed by atoms with Gasteiger partial charge in [0.1, 0.15) is 5.58 Å². The van der Waals surface area contributed by atoms with Crippen molar-refractivity contribution in [1.29, 1.82) is 0 Å². The largest absolute Gasteiger partial charge is 0.451 e. The normalized spacial score (nSPS) is 15.6. The fraction of sp³-hybridized carbons (Fsp3) is 0.192. The van der Waals surface area contributed by atoms with Crippen molar-refractivity contribution in [1.82, 2.24) is 5.32 Å². The number of hydrogen-bond donors (Lipinski definition) is 1. The Kier molecular flexibility index (Phi) is 5.75. The molecule has 4 aromatic rings. The predicted octanol–water partition coefficient (Wildman–Crippen LogP) is 7.19. The molecule has 31 heavy (non-hydrogen) atoms. The summed E-state index contributed by atoms with van der Waals surface area (Å²) in [6.45, 7) is 0. The first kappa shape index (κ1) is 20.2. The zero-order chi connectivity index (χ0) is 21.2. The highest BCUT2D eigenvalue weighted by molar-refractivity contribution is 7.98. The third-order valence-corrected chi connectivity index (χ3v) is 7.07. The molecule has 1 N–H and O–H groups in total. The molecule has 0 saturated carbocycles. The van der Waals surface area contributed by atoms with E-state index in [2.05, 4.69) is 23.5 Å². The second-order valence-electron chi connectivity index (χ2n) is 7.77. The summed E-state index contributed by atoms with van der Waals surface area (Å²) in [7, 11) is 0. The van der Waals surface area contributed by atoms with Crippen molar-refractivity contribution < 1.29 is 9.21 Å². The van der Waals surface area contributed by atoms with Crippen molar-refractivity contribution in [2.75, 3.05) is 0 Å². The molecule has 0 fully saturated rings. The van der Waals surface area contributed by atoms with Crippen LogP contribution in [0, 0.1) is 0 Å². The van der Waals surface area contributed by atoms with E-state index >= 15 is 0 Å². The molecule has 1 aromatic heterocycles. The Hall–Kier alpha value is -2.69. The van der Waals surface area contributed by atoms with Crippen molar-refractivity contribution in [3.8, 4) is 0 Å². The first-order chi connectivity index (χ1) is 15.2. The fourth-order valence-electron chi connectivity index (χ4n) is 4.24. The number of amides is 1. The summed E-state index contributed by atoms with van der Waals surface area (Å²) < 4.78 is 6.05. The van der Waals surface area contributed by atoms with Gasteiger partial charge in [-0.2, -0.15) is 0 Å². The molecule has 0 saturated heterocycles. The summed E-state index contributed by atoms with van der Waals surface area (Å²) in [6, 6.07) is 24.0. The van der Waals surface area contributed by atoms with Crippen LogP contribution >= 0.6 is 23.4 Å². The van der Waals surface area contributed by atoms with Crippen molar-refractivity contribution in [2.45, 2.75) is 36.0 Å². The molecule has 0 spiro atoms. The maximum atomic E-state index is 13.3. The molecule has 5 heteroatoms. The standard InChI is InChI=1S/C26H22ClNO2S/c27-18-12-14-19(15-13-18)31-16-22-21-9-3-4-11-24(21)30-25(22)26(29)28-23-10-5-7-17-6-1-2-8-20(17)23/h1-4,6,8-9,11-15,23H,5,7,10,16H2,(H,28,29)/t23-/m1/s1. The van der Waals surface area contributed by atoms with Crippen LogP contribution in [0.25, 0.3) is 11.0 Å². The van der Waals surface area contributed by atoms with E-state index in [9.17, 15) is 4.79 Å². The van der Waals surface area contributed by atoms with Gasteiger partial charge in [0.15, 0.2) is 5.76 Å². The number of para-hydroxylation sites is 1. The highest BCUT2D eigenvalue weighted by Crippen LogP contribution is 2.34. The van der Waals surface area contributed by atoms with Crippen molar-refractivity contribution in [3.05, 3.63) is 100 Å². The van der Waals surface area contributed by atoms with Gasteiger partial charge in [-0.3, -0.25) is 4.79 Å². The van der Waals surface area contributed by atoms with Gasteiger partial charge in [-0.05, 0) is 60.7 Å². The quantitative estimate of drug-likeness (QED) is 0.329. The number of thioether (sulfide) groups is 1. The second-order valence-corrected chi connectivity index (χ2v) is 9.25. The Morgan fingerprint density at radius 3 is 2.68 bits per heavy atom. The van der Waals surface area contributed by atoms with Crippen LogP contribution < -0.4 is 5.32 Å². The molecule has 156 valence electrons. The first-order valence-corrected chi connectivity index (χ1v) is 11.8. The summed E-state index contributed by atoms with van der Waals surface area (Å²) in [5.41, 5.74) is 4.21. The van der Waals surface area contributed by atoms with Gasteiger partial charge in [-0.15, -0.1) is 11.8 Å². The average molecular weight is 448 g/mol.